The van der Waals surface area contributed by atoms with E-state index in [1.54, 1.807) is 22.8 Å². The second-order valence-corrected chi connectivity index (χ2v) is 8.22. The molecule has 0 spiro atoms. The highest BCUT2D eigenvalue weighted by Gasteiger charge is 2.09. The number of sulfonamides is 1. The van der Waals surface area contributed by atoms with Gasteiger partial charge in [0.25, 0.3) is 0 Å². The lowest BCUT2D eigenvalue weighted by molar-refractivity contribution is 0.598. The third-order valence-electron chi connectivity index (χ3n) is 3.92. The van der Waals surface area contributed by atoms with E-state index in [4.69, 9.17) is 28.3 Å². The Morgan fingerprint density at radius 2 is 1.89 bits per heavy atom. The standard InChI is InChI=1S/C17H23Cl2N5O2S/c1-3-21-17(23-11-13-10-15(18)16(19)24(13)2)22-9-8-12-4-6-14(7-5-12)27(20,25)26/h4-7,10H,3,8-9,11H2,1-2H3,(H2,20,25,26)(H2,21,22,23). The molecule has 0 aliphatic carbocycles. The van der Waals surface area contributed by atoms with Crippen LogP contribution in [-0.4, -0.2) is 32.0 Å². The van der Waals surface area contributed by atoms with Crippen molar-refractivity contribution in [3.63, 3.8) is 0 Å². The molecule has 0 amide bonds. The Labute approximate surface area is 169 Å². The molecule has 0 aliphatic heterocycles. The summed E-state index contributed by atoms with van der Waals surface area (Å²) in [7, 11) is -1.83. The predicted molar refractivity (Wildman–Crippen MR) is 110 cm³/mol. The fourth-order valence-electron chi connectivity index (χ4n) is 2.41. The Morgan fingerprint density at radius 3 is 2.41 bits per heavy atom. The quantitative estimate of drug-likeness (QED) is 0.462. The first kappa shape index (κ1) is 21.6. The van der Waals surface area contributed by atoms with Gasteiger partial charge in [-0.3, -0.25) is 0 Å². The van der Waals surface area contributed by atoms with Crippen molar-refractivity contribution < 1.29 is 8.42 Å². The normalized spacial score (nSPS) is 12.3. The largest absolute Gasteiger partial charge is 0.357 e. The Hall–Kier alpha value is -1.74. The fraction of sp³-hybridized carbons (Fsp3) is 0.353. The highest BCUT2D eigenvalue weighted by molar-refractivity contribution is 7.89. The van der Waals surface area contributed by atoms with Crippen molar-refractivity contribution in [2.75, 3.05) is 13.1 Å². The average Bonchev–Trinajstić information content (AvgIpc) is 2.86. The lowest BCUT2D eigenvalue weighted by Gasteiger charge is -2.12. The van der Waals surface area contributed by atoms with Crippen molar-refractivity contribution in [2.24, 2.45) is 17.2 Å². The van der Waals surface area contributed by atoms with Gasteiger partial charge < -0.3 is 15.2 Å². The summed E-state index contributed by atoms with van der Waals surface area (Å²) < 4.78 is 24.4. The summed E-state index contributed by atoms with van der Waals surface area (Å²) in [5.41, 5.74) is 1.90. The van der Waals surface area contributed by atoms with Crippen LogP contribution in [0.15, 0.2) is 40.2 Å². The van der Waals surface area contributed by atoms with Crippen molar-refractivity contribution in [1.82, 2.24) is 15.2 Å². The molecule has 0 saturated heterocycles. The molecular weight excluding hydrogens is 409 g/mol. The number of benzene rings is 1. The summed E-state index contributed by atoms with van der Waals surface area (Å²) in [4.78, 5) is 4.64. The van der Waals surface area contributed by atoms with Crippen LogP contribution >= 0.6 is 23.2 Å². The molecule has 2 aromatic rings. The van der Waals surface area contributed by atoms with Crippen LogP contribution in [0.5, 0.6) is 0 Å². The minimum Gasteiger partial charge on any atom is -0.357 e. The zero-order valence-electron chi connectivity index (χ0n) is 15.2. The molecule has 4 N–H and O–H groups in total. The van der Waals surface area contributed by atoms with Gasteiger partial charge in [-0.1, -0.05) is 35.3 Å². The van der Waals surface area contributed by atoms with Crippen LogP contribution in [0.4, 0.5) is 0 Å². The van der Waals surface area contributed by atoms with Gasteiger partial charge in [-0.05, 0) is 37.1 Å². The van der Waals surface area contributed by atoms with Crippen LogP contribution < -0.4 is 15.8 Å². The molecule has 148 valence electrons. The molecule has 0 atom stereocenters. The average molecular weight is 432 g/mol. The maximum absolute atomic E-state index is 11.3. The first-order valence-corrected chi connectivity index (χ1v) is 10.7. The van der Waals surface area contributed by atoms with Crippen molar-refractivity contribution in [1.29, 1.82) is 0 Å². The minimum atomic E-state index is -3.67. The van der Waals surface area contributed by atoms with Crippen LogP contribution in [0.25, 0.3) is 0 Å². The minimum absolute atomic E-state index is 0.106. The van der Waals surface area contributed by atoms with Crippen molar-refractivity contribution in [3.8, 4) is 0 Å². The van der Waals surface area contributed by atoms with E-state index in [-0.39, 0.29) is 4.90 Å². The van der Waals surface area contributed by atoms with Gasteiger partial charge in [0.2, 0.25) is 10.0 Å². The molecule has 1 heterocycles. The second-order valence-electron chi connectivity index (χ2n) is 5.89. The Morgan fingerprint density at radius 1 is 1.22 bits per heavy atom. The smallest absolute Gasteiger partial charge is 0.238 e. The second kappa shape index (κ2) is 9.45. The summed E-state index contributed by atoms with van der Waals surface area (Å²) in [6, 6.07) is 8.31. The van der Waals surface area contributed by atoms with Gasteiger partial charge in [0.1, 0.15) is 5.15 Å². The van der Waals surface area contributed by atoms with Gasteiger partial charge >= 0.3 is 0 Å². The first-order valence-electron chi connectivity index (χ1n) is 8.36. The summed E-state index contributed by atoms with van der Waals surface area (Å²) in [5, 5.41) is 12.5. The highest BCUT2D eigenvalue weighted by atomic mass is 35.5. The topological polar surface area (TPSA) is 102 Å². The number of primary sulfonamides is 1. The molecule has 1 aromatic heterocycles. The summed E-state index contributed by atoms with van der Waals surface area (Å²) in [5.74, 6) is 0.673. The predicted octanol–water partition coefficient (Wildman–Crippen LogP) is 2.28. The van der Waals surface area contributed by atoms with E-state index in [1.807, 2.05) is 14.0 Å². The van der Waals surface area contributed by atoms with Gasteiger partial charge in [-0.15, -0.1) is 0 Å². The van der Waals surface area contributed by atoms with Gasteiger partial charge in [0, 0.05) is 25.8 Å². The zero-order valence-corrected chi connectivity index (χ0v) is 17.5. The van der Waals surface area contributed by atoms with Crippen molar-refractivity contribution in [3.05, 3.63) is 51.8 Å². The SMILES string of the molecule is CCNC(=NCc1cc(Cl)c(Cl)n1C)NCCc1ccc(S(N)(=O)=O)cc1. The van der Waals surface area contributed by atoms with Gasteiger partial charge in [0.05, 0.1) is 16.5 Å². The fourth-order valence-corrected chi connectivity index (χ4v) is 3.34. The molecule has 7 nitrogen and oxygen atoms in total. The summed E-state index contributed by atoms with van der Waals surface area (Å²) in [6.07, 6.45) is 0.705. The lowest BCUT2D eigenvalue weighted by Crippen LogP contribution is -2.38. The number of rotatable bonds is 7. The molecule has 0 saturated carbocycles. The molecule has 1 aromatic carbocycles. The van der Waals surface area contributed by atoms with Crippen molar-refractivity contribution >= 4 is 39.2 Å². The number of nitrogens with two attached hydrogens (primary N) is 1. The number of nitrogens with zero attached hydrogens (tertiary/aromatic N) is 2. The van der Waals surface area contributed by atoms with E-state index in [0.29, 0.717) is 35.6 Å². The van der Waals surface area contributed by atoms with Crippen LogP contribution in [0, 0.1) is 0 Å². The molecule has 10 heteroatoms. The number of hydrogen-bond donors (Lipinski definition) is 3. The van der Waals surface area contributed by atoms with Crippen LogP contribution in [-0.2, 0) is 30.0 Å². The van der Waals surface area contributed by atoms with Gasteiger partial charge in [0.15, 0.2) is 5.96 Å². The highest BCUT2D eigenvalue weighted by Crippen LogP contribution is 2.25. The Bertz CT molecular complexity index is 908. The number of halogens is 2. The van der Waals surface area contributed by atoms with Gasteiger partial charge in [-0.25, -0.2) is 18.5 Å². The summed E-state index contributed by atoms with van der Waals surface area (Å²) in [6.45, 7) is 3.78. The molecule has 27 heavy (non-hydrogen) atoms. The van der Waals surface area contributed by atoms with Crippen LogP contribution in [0.3, 0.4) is 0 Å². The third-order valence-corrected chi connectivity index (χ3v) is 5.69. The van der Waals surface area contributed by atoms with E-state index >= 15 is 0 Å². The molecule has 0 radical (unpaired) electrons. The molecule has 0 unspecified atom stereocenters. The maximum Gasteiger partial charge on any atom is 0.238 e. The number of aliphatic imine (C=N–C) groups is 1. The summed E-state index contributed by atoms with van der Waals surface area (Å²) >= 11 is 12.1. The van der Waals surface area contributed by atoms with Gasteiger partial charge in [-0.2, -0.15) is 0 Å². The number of hydrogen-bond acceptors (Lipinski definition) is 3. The molecule has 0 aliphatic rings. The van der Waals surface area contributed by atoms with Crippen LogP contribution in [0.2, 0.25) is 10.2 Å². The molecule has 0 bridgehead atoms. The third kappa shape index (κ3) is 6.14. The number of guanidine groups is 1. The molecule has 0 fully saturated rings. The Kier molecular flexibility index (Phi) is 7.55. The van der Waals surface area contributed by atoms with E-state index < -0.39 is 10.0 Å². The van der Waals surface area contributed by atoms with E-state index in [0.717, 1.165) is 17.8 Å². The van der Waals surface area contributed by atoms with E-state index in [9.17, 15) is 8.42 Å². The first-order chi connectivity index (χ1) is 12.7. The molecule has 2 rings (SSSR count). The number of aromatic nitrogens is 1. The monoisotopic (exact) mass is 431 g/mol. The lowest BCUT2D eigenvalue weighted by atomic mass is 10.1. The molecular formula is C17H23Cl2N5O2S. The van der Waals surface area contributed by atoms with E-state index in [2.05, 4.69) is 15.6 Å². The Balaban J connectivity index is 1.94. The van der Waals surface area contributed by atoms with E-state index in [1.165, 1.54) is 12.1 Å². The van der Waals surface area contributed by atoms with Crippen LogP contribution in [0.1, 0.15) is 18.2 Å². The zero-order chi connectivity index (χ0) is 20.0. The maximum atomic E-state index is 11.3. The number of nitrogens with one attached hydrogen (secondary N) is 2. The van der Waals surface area contributed by atoms with Crippen molar-refractivity contribution in [2.45, 2.75) is 24.8 Å².